The molecule has 1 atom stereocenters. The van der Waals surface area contributed by atoms with E-state index in [-0.39, 0.29) is 16.8 Å². The van der Waals surface area contributed by atoms with Gasteiger partial charge in [-0.1, -0.05) is 38.8 Å². The lowest BCUT2D eigenvalue weighted by Gasteiger charge is -2.14. The lowest BCUT2D eigenvalue weighted by molar-refractivity contribution is -0.149. The fraction of sp³-hybridized carbons (Fsp3) is 0.500. The minimum Gasteiger partial charge on any atom is -0.454 e. The topological polar surface area (TPSA) is 110 Å². The summed E-state index contributed by atoms with van der Waals surface area (Å²) < 4.78 is 5.81. The Labute approximate surface area is 162 Å². The number of aromatic amines is 1. The number of H-pyrrole nitrogens is 1. The smallest absolute Gasteiger partial charge is 0.328 e. The van der Waals surface area contributed by atoms with Crippen molar-refractivity contribution in [2.24, 2.45) is 5.92 Å². The number of ether oxygens (including phenoxy) is 1. The van der Waals surface area contributed by atoms with Crippen LogP contribution in [0.25, 0.3) is 10.8 Å². The third-order valence-electron chi connectivity index (χ3n) is 4.36. The standard InChI is InChI=1S/C20H27N3O5/c1-13(2)7-6-8-14(3)21-17(24)12-28-18(25)11-23-20(27)16-10-5-4-9-15(16)19(26)22-23/h4-5,9-10,13-14H,6-8,11-12H2,1-3H3,(H,21,24)(H,22,26). The second kappa shape index (κ2) is 9.87. The predicted octanol–water partition coefficient (Wildman–Crippen LogP) is 1.56. The first-order valence-electron chi connectivity index (χ1n) is 9.44. The van der Waals surface area contributed by atoms with E-state index in [4.69, 9.17) is 4.74 Å². The van der Waals surface area contributed by atoms with E-state index in [2.05, 4.69) is 24.3 Å². The highest BCUT2D eigenvalue weighted by Gasteiger charge is 2.13. The zero-order valence-corrected chi connectivity index (χ0v) is 16.5. The second-order valence-corrected chi connectivity index (χ2v) is 7.33. The summed E-state index contributed by atoms with van der Waals surface area (Å²) in [5, 5.41) is 5.59. The molecule has 1 aromatic carbocycles. The van der Waals surface area contributed by atoms with Crippen LogP contribution < -0.4 is 16.4 Å². The molecule has 0 aliphatic carbocycles. The molecule has 1 unspecified atom stereocenters. The highest BCUT2D eigenvalue weighted by Crippen LogP contribution is 2.08. The van der Waals surface area contributed by atoms with Gasteiger partial charge in [-0.25, -0.2) is 4.68 Å². The summed E-state index contributed by atoms with van der Waals surface area (Å²) in [6.45, 7) is 5.29. The number of hydrogen-bond acceptors (Lipinski definition) is 5. The molecule has 1 heterocycles. The Hall–Kier alpha value is -2.90. The molecule has 0 saturated carbocycles. The number of carbonyl (C=O) groups is 2. The van der Waals surface area contributed by atoms with Gasteiger partial charge in [0.25, 0.3) is 17.0 Å². The Kier molecular flexibility index (Phi) is 7.54. The van der Waals surface area contributed by atoms with Gasteiger partial charge in [-0.15, -0.1) is 0 Å². The molecule has 8 nitrogen and oxygen atoms in total. The minimum atomic E-state index is -0.782. The minimum absolute atomic E-state index is 0.00980. The van der Waals surface area contributed by atoms with Crippen LogP contribution in [-0.2, 0) is 20.9 Å². The van der Waals surface area contributed by atoms with Crippen molar-refractivity contribution in [1.82, 2.24) is 15.1 Å². The molecular formula is C20H27N3O5. The third kappa shape index (κ3) is 6.07. The summed E-state index contributed by atoms with van der Waals surface area (Å²) in [5.74, 6) is -0.561. The molecule has 1 amide bonds. The Morgan fingerprint density at radius 2 is 1.79 bits per heavy atom. The van der Waals surface area contributed by atoms with Gasteiger partial charge in [-0.3, -0.25) is 24.3 Å². The molecule has 1 aromatic heterocycles. The van der Waals surface area contributed by atoms with Crippen LogP contribution in [0, 0.1) is 5.92 Å². The van der Waals surface area contributed by atoms with Crippen LogP contribution in [-0.4, -0.2) is 34.3 Å². The molecule has 2 aromatic rings. The number of esters is 1. The molecule has 8 heteroatoms. The van der Waals surface area contributed by atoms with Crippen molar-refractivity contribution in [3.63, 3.8) is 0 Å². The van der Waals surface area contributed by atoms with E-state index in [1.165, 1.54) is 12.1 Å². The largest absolute Gasteiger partial charge is 0.454 e. The summed E-state index contributed by atoms with van der Waals surface area (Å²) in [6.07, 6.45) is 2.95. The molecule has 0 saturated heterocycles. The van der Waals surface area contributed by atoms with E-state index in [1.807, 2.05) is 6.92 Å². The quantitative estimate of drug-likeness (QED) is 0.633. The Morgan fingerprint density at radius 1 is 1.11 bits per heavy atom. The van der Waals surface area contributed by atoms with Crippen LogP contribution in [0.3, 0.4) is 0 Å². The Balaban J connectivity index is 1.87. The average molecular weight is 389 g/mol. The van der Waals surface area contributed by atoms with E-state index < -0.39 is 36.1 Å². The number of nitrogens with zero attached hydrogens (tertiary/aromatic N) is 1. The molecule has 0 fully saturated rings. The van der Waals surface area contributed by atoms with E-state index in [1.54, 1.807) is 12.1 Å². The number of fused-ring (bicyclic) bond motifs is 1. The molecular weight excluding hydrogens is 362 g/mol. The van der Waals surface area contributed by atoms with Crippen molar-refractivity contribution >= 4 is 22.6 Å². The number of benzene rings is 1. The van der Waals surface area contributed by atoms with Crippen LogP contribution >= 0.6 is 0 Å². The van der Waals surface area contributed by atoms with E-state index in [0.717, 1.165) is 23.9 Å². The molecule has 28 heavy (non-hydrogen) atoms. The summed E-state index contributed by atoms with van der Waals surface area (Å²) in [7, 11) is 0. The predicted molar refractivity (Wildman–Crippen MR) is 106 cm³/mol. The number of aromatic nitrogens is 2. The first kappa shape index (κ1) is 21.4. The Bertz CT molecular complexity index is 945. The number of hydrogen-bond donors (Lipinski definition) is 2. The van der Waals surface area contributed by atoms with Crippen molar-refractivity contribution in [3.8, 4) is 0 Å². The van der Waals surface area contributed by atoms with Gasteiger partial charge in [0.1, 0.15) is 6.54 Å². The zero-order chi connectivity index (χ0) is 20.7. The van der Waals surface area contributed by atoms with Crippen LogP contribution in [0.4, 0.5) is 0 Å². The van der Waals surface area contributed by atoms with Gasteiger partial charge in [0.05, 0.1) is 10.8 Å². The maximum atomic E-state index is 12.4. The monoisotopic (exact) mass is 389 g/mol. The second-order valence-electron chi connectivity index (χ2n) is 7.33. The fourth-order valence-corrected chi connectivity index (χ4v) is 2.90. The van der Waals surface area contributed by atoms with Crippen molar-refractivity contribution in [2.45, 2.75) is 52.6 Å². The van der Waals surface area contributed by atoms with Crippen molar-refractivity contribution in [2.75, 3.05) is 6.61 Å². The summed E-state index contributed by atoms with van der Waals surface area (Å²) >= 11 is 0. The fourth-order valence-electron chi connectivity index (χ4n) is 2.90. The van der Waals surface area contributed by atoms with Gasteiger partial charge in [0.2, 0.25) is 0 Å². The molecule has 2 N–H and O–H groups in total. The summed E-state index contributed by atoms with van der Waals surface area (Å²) in [5.41, 5.74) is -0.980. The third-order valence-corrected chi connectivity index (χ3v) is 4.36. The van der Waals surface area contributed by atoms with Crippen LogP contribution in [0.1, 0.15) is 40.0 Å². The Morgan fingerprint density at radius 3 is 2.46 bits per heavy atom. The van der Waals surface area contributed by atoms with E-state index in [9.17, 15) is 19.2 Å². The molecule has 152 valence electrons. The van der Waals surface area contributed by atoms with Crippen molar-refractivity contribution in [1.29, 1.82) is 0 Å². The normalized spacial score (nSPS) is 12.1. The van der Waals surface area contributed by atoms with Gasteiger partial charge in [0, 0.05) is 6.04 Å². The lowest BCUT2D eigenvalue weighted by atomic mass is 10.0. The average Bonchev–Trinajstić information content (AvgIpc) is 2.64. The highest BCUT2D eigenvalue weighted by atomic mass is 16.5. The van der Waals surface area contributed by atoms with Crippen LogP contribution in [0.15, 0.2) is 33.9 Å². The van der Waals surface area contributed by atoms with E-state index in [0.29, 0.717) is 5.92 Å². The van der Waals surface area contributed by atoms with Crippen molar-refractivity contribution < 1.29 is 14.3 Å². The maximum Gasteiger partial charge on any atom is 0.328 e. The zero-order valence-electron chi connectivity index (χ0n) is 16.5. The molecule has 2 rings (SSSR count). The molecule has 0 bridgehead atoms. The van der Waals surface area contributed by atoms with E-state index >= 15 is 0 Å². The number of nitrogens with one attached hydrogen (secondary N) is 2. The van der Waals surface area contributed by atoms with Crippen LogP contribution in [0.2, 0.25) is 0 Å². The lowest BCUT2D eigenvalue weighted by Crippen LogP contribution is -2.37. The number of carbonyl (C=O) groups excluding carboxylic acids is 2. The maximum absolute atomic E-state index is 12.4. The highest BCUT2D eigenvalue weighted by molar-refractivity contribution is 5.81. The van der Waals surface area contributed by atoms with Gasteiger partial charge in [-0.2, -0.15) is 0 Å². The molecule has 0 aliphatic heterocycles. The number of amides is 1. The summed E-state index contributed by atoms with van der Waals surface area (Å²) in [6, 6.07) is 6.33. The first-order chi connectivity index (χ1) is 13.3. The van der Waals surface area contributed by atoms with Gasteiger partial charge >= 0.3 is 5.97 Å². The molecule has 0 radical (unpaired) electrons. The molecule has 0 aliphatic rings. The van der Waals surface area contributed by atoms with Gasteiger partial charge in [0.15, 0.2) is 6.61 Å². The number of rotatable bonds is 9. The molecule has 0 spiro atoms. The summed E-state index contributed by atoms with van der Waals surface area (Å²) in [4.78, 5) is 48.2. The SMILES string of the molecule is CC(C)CCCC(C)NC(=O)COC(=O)Cn1[nH]c(=O)c2ccccc2c1=O. The van der Waals surface area contributed by atoms with Crippen molar-refractivity contribution in [3.05, 3.63) is 45.0 Å². The first-order valence-corrected chi connectivity index (χ1v) is 9.44. The van der Waals surface area contributed by atoms with Gasteiger partial charge < -0.3 is 10.1 Å². The van der Waals surface area contributed by atoms with Crippen LogP contribution in [0.5, 0.6) is 0 Å². The van der Waals surface area contributed by atoms with Gasteiger partial charge in [-0.05, 0) is 31.4 Å².